The SMILES string of the molecule is Cc1ccc(P2[C@H](C)CC[C@H]2C)c(P2[C@H](C)CC[C@H]2C)c1. The van der Waals surface area contributed by atoms with E-state index in [0.717, 1.165) is 22.6 Å². The van der Waals surface area contributed by atoms with Crippen molar-refractivity contribution in [2.45, 2.75) is 82.9 Å². The summed E-state index contributed by atoms with van der Waals surface area (Å²) in [5.41, 5.74) is 5.19. The maximum atomic E-state index is 2.57. The van der Waals surface area contributed by atoms with E-state index in [1.165, 1.54) is 31.2 Å². The molecule has 0 saturated carbocycles. The van der Waals surface area contributed by atoms with Crippen LogP contribution < -0.4 is 10.6 Å². The highest BCUT2D eigenvalue weighted by atomic mass is 31.1. The van der Waals surface area contributed by atoms with Gasteiger partial charge in [0.25, 0.3) is 0 Å². The lowest BCUT2D eigenvalue weighted by Crippen LogP contribution is -2.29. The first-order chi connectivity index (χ1) is 9.99. The van der Waals surface area contributed by atoms with Crippen LogP contribution in [-0.4, -0.2) is 22.6 Å². The van der Waals surface area contributed by atoms with Gasteiger partial charge in [-0.15, -0.1) is 0 Å². The van der Waals surface area contributed by atoms with Crippen molar-refractivity contribution >= 4 is 26.5 Å². The number of aryl methyl sites for hydroxylation is 1. The normalized spacial score (nSPS) is 34.7. The summed E-state index contributed by atoms with van der Waals surface area (Å²) in [7, 11) is 0.128. The molecule has 21 heavy (non-hydrogen) atoms. The molecule has 0 radical (unpaired) electrons. The van der Waals surface area contributed by atoms with Crippen LogP contribution in [0.5, 0.6) is 0 Å². The van der Waals surface area contributed by atoms with Crippen LogP contribution in [0.4, 0.5) is 0 Å². The zero-order chi connectivity index (χ0) is 15.1. The van der Waals surface area contributed by atoms with Crippen molar-refractivity contribution in [1.29, 1.82) is 0 Å². The number of rotatable bonds is 2. The Kier molecular flexibility index (Phi) is 4.78. The van der Waals surface area contributed by atoms with Crippen molar-refractivity contribution in [3.63, 3.8) is 0 Å². The lowest BCUT2D eigenvalue weighted by molar-refractivity contribution is 0.777. The predicted octanol–water partition coefficient (Wildman–Crippen LogP) is 5.35. The van der Waals surface area contributed by atoms with Gasteiger partial charge in [-0.3, -0.25) is 0 Å². The second-order valence-electron chi connectivity index (χ2n) is 7.36. The van der Waals surface area contributed by atoms with Crippen LogP contribution in [0.25, 0.3) is 0 Å². The Labute approximate surface area is 133 Å². The Balaban J connectivity index is 2.05. The Bertz CT molecular complexity index is 490. The first-order valence-electron chi connectivity index (χ1n) is 8.66. The summed E-state index contributed by atoms with van der Waals surface area (Å²) in [4.78, 5) is 0. The fourth-order valence-electron chi connectivity index (χ4n) is 4.40. The molecular weight excluding hydrogens is 290 g/mol. The molecule has 0 unspecified atom stereocenters. The zero-order valence-corrected chi connectivity index (χ0v) is 16.1. The molecule has 2 heteroatoms. The van der Waals surface area contributed by atoms with E-state index in [-0.39, 0.29) is 15.8 Å². The molecule has 1 aromatic carbocycles. The molecule has 0 spiro atoms. The molecule has 2 saturated heterocycles. The van der Waals surface area contributed by atoms with Gasteiger partial charge in [0.15, 0.2) is 0 Å². The maximum absolute atomic E-state index is 2.57. The summed E-state index contributed by atoms with van der Waals surface area (Å²) in [6.07, 6.45) is 5.79. The lowest BCUT2D eigenvalue weighted by atomic mass is 10.2. The van der Waals surface area contributed by atoms with E-state index >= 15 is 0 Å². The van der Waals surface area contributed by atoms with Crippen molar-refractivity contribution in [3.05, 3.63) is 23.8 Å². The first-order valence-corrected chi connectivity index (χ1v) is 11.6. The molecule has 0 amide bonds. The molecule has 0 aromatic heterocycles. The second-order valence-corrected chi connectivity index (χ2v) is 13.5. The van der Waals surface area contributed by atoms with Crippen LogP contribution >= 0.6 is 15.8 Å². The molecule has 1 aromatic rings. The van der Waals surface area contributed by atoms with Crippen molar-refractivity contribution in [2.24, 2.45) is 0 Å². The molecule has 0 N–H and O–H groups in total. The summed E-state index contributed by atoms with van der Waals surface area (Å²) in [5.74, 6) is 0. The van der Waals surface area contributed by atoms with E-state index in [9.17, 15) is 0 Å². The molecule has 116 valence electrons. The molecular formula is C19H30P2. The minimum atomic E-state index is 0.0623. The molecule has 4 atom stereocenters. The fraction of sp³-hybridized carbons (Fsp3) is 0.684. The maximum Gasteiger partial charge on any atom is -0.0156 e. The molecule has 2 fully saturated rings. The van der Waals surface area contributed by atoms with E-state index < -0.39 is 0 Å². The van der Waals surface area contributed by atoms with Crippen LogP contribution in [0.1, 0.15) is 58.9 Å². The van der Waals surface area contributed by atoms with Crippen molar-refractivity contribution in [2.75, 3.05) is 0 Å². The first kappa shape index (κ1) is 16.0. The Morgan fingerprint density at radius 1 is 0.714 bits per heavy atom. The fourth-order valence-corrected chi connectivity index (χ4v) is 11.7. The van der Waals surface area contributed by atoms with Crippen molar-refractivity contribution in [1.82, 2.24) is 0 Å². The summed E-state index contributed by atoms with van der Waals surface area (Å²) in [6, 6.07) is 7.47. The minimum Gasteiger partial charge on any atom is -0.0688 e. The van der Waals surface area contributed by atoms with Crippen LogP contribution in [0.15, 0.2) is 18.2 Å². The topological polar surface area (TPSA) is 0 Å². The largest absolute Gasteiger partial charge is 0.0688 e. The quantitative estimate of drug-likeness (QED) is 0.644. The summed E-state index contributed by atoms with van der Waals surface area (Å²) in [5, 5.41) is 3.59. The summed E-state index contributed by atoms with van der Waals surface area (Å²) >= 11 is 0. The monoisotopic (exact) mass is 320 g/mol. The van der Waals surface area contributed by atoms with Gasteiger partial charge in [-0.1, -0.05) is 67.3 Å². The molecule has 3 rings (SSSR count). The standard InChI is InChI=1S/C19H30P2/c1-13-6-11-18(20-14(2)7-8-15(20)3)19(12-13)21-16(4)9-10-17(21)5/h6,11-12,14-17H,7-10H2,1-5H3/t14-,15-,16-,17-/m1/s1. The van der Waals surface area contributed by atoms with Crippen molar-refractivity contribution in [3.8, 4) is 0 Å². The van der Waals surface area contributed by atoms with Crippen LogP contribution in [0.2, 0.25) is 0 Å². The zero-order valence-electron chi connectivity index (χ0n) is 14.3. The third-order valence-electron chi connectivity index (χ3n) is 5.59. The van der Waals surface area contributed by atoms with Gasteiger partial charge in [-0.25, -0.2) is 0 Å². The van der Waals surface area contributed by atoms with E-state index in [2.05, 4.69) is 52.8 Å². The predicted molar refractivity (Wildman–Crippen MR) is 101 cm³/mol. The van der Waals surface area contributed by atoms with Crippen LogP contribution in [0.3, 0.4) is 0 Å². The molecule has 0 nitrogen and oxygen atoms in total. The third kappa shape index (κ3) is 2.96. The van der Waals surface area contributed by atoms with Crippen LogP contribution in [0, 0.1) is 6.92 Å². The smallest absolute Gasteiger partial charge is 0.0156 e. The molecule has 0 aliphatic carbocycles. The van der Waals surface area contributed by atoms with Gasteiger partial charge in [0, 0.05) is 0 Å². The highest BCUT2D eigenvalue weighted by molar-refractivity contribution is 7.73. The van der Waals surface area contributed by atoms with Gasteiger partial charge in [0.05, 0.1) is 0 Å². The summed E-state index contributed by atoms with van der Waals surface area (Å²) < 4.78 is 0. The minimum absolute atomic E-state index is 0.0623. The second kappa shape index (κ2) is 6.29. The molecule has 2 heterocycles. The van der Waals surface area contributed by atoms with Gasteiger partial charge in [0.2, 0.25) is 0 Å². The number of hydrogen-bond donors (Lipinski definition) is 0. The van der Waals surface area contributed by atoms with E-state index in [1.807, 2.05) is 0 Å². The Morgan fingerprint density at radius 2 is 1.14 bits per heavy atom. The highest BCUT2D eigenvalue weighted by Gasteiger charge is 2.37. The Morgan fingerprint density at radius 3 is 1.62 bits per heavy atom. The van der Waals surface area contributed by atoms with Gasteiger partial charge in [-0.2, -0.15) is 0 Å². The number of benzene rings is 1. The number of hydrogen-bond acceptors (Lipinski definition) is 0. The van der Waals surface area contributed by atoms with Crippen LogP contribution in [-0.2, 0) is 0 Å². The van der Waals surface area contributed by atoms with E-state index in [0.29, 0.717) is 0 Å². The highest BCUT2D eigenvalue weighted by Crippen LogP contribution is 2.58. The average Bonchev–Trinajstić information content (AvgIpc) is 2.94. The summed E-state index contributed by atoms with van der Waals surface area (Å²) in [6.45, 7) is 12.3. The third-order valence-corrected chi connectivity index (χ3v) is 12.5. The van der Waals surface area contributed by atoms with Gasteiger partial charge >= 0.3 is 0 Å². The average molecular weight is 320 g/mol. The van der Waals surface area contributed by atoms with E-state index in [1.54, 1.807) is 10.6 Å². The van der Waals surface area contributed by atoms with Gasteiger partial charge in [0.1, 0.15) is 0 Å². The lowest BCUT2D eigenvalue weighted by Gasteiger charge is -2.30. The molecule has 0 bridgehead atoms. The van der Waals surface area contributed by atoms with E-state index in [4.69, 9.17) is 0 Å². The molecule has 2 aliphatic rings. The van der Waals surface area contributed by atoms with Gasteiger partial charge in [-0.05, 0) is 65.9 Å². The van der Waals surface area contributed by atoms with Crippen molar-refractivity contribution < 1.29 is 0 Å². The molecule has 2 aliphatic heterocycles. The Hall–Kier alpha value is 0.0800. The van der Waals surface area contributed by atoms with Gasteiger partial charge < -0.3 is 0 Å².